The minimum absolute atomic E-state index is 0.585. The van der Waals surface area contributed by atoms with E-state index in [-0.39, 0.29) is 0 Å². The summed E-state index contributed by atoms with van der Waals surface area (Å²) in [5.74, 6) is -0.707. The SMILES string of the molecule is CC1CCN(CCNCc2ccc(F)c(F)c2)CC1. The van der Waals surface area contributed by atoms with Gasteiger partial charge in [-0.3, -0.25) is 0 Å². The van der Waals surface area contributed by atoms with Crippen molar-refractivity contribution in [3.8, 4) is 0 Å². The highest BCUT2D eigenvalue weighted by atomic mass is 19.2. The Bertz CT molecular complexity index is 401. The Hall–Kier alpha value is -1.00. The zero-order valence-corrected chi connectivity index (χ0v) is 11.5. The van der Waals surface area contributed by atoms with Crippen LogP contribution in [0, 0.1) is 17.6 Å². The van der Waals surface area contributed by atoms with E-state index < -0.39 is 11.6 Å². The van der Waals surface area contributed by atoms with Gasteiger partial charge >= 0.3 is 0 Å². The summed E-state index contributed by atoms with van der Waals surface area (Å²) < 4.78 is 25.8. The molecular formula is C15H22F2N2. The zero-order valence-electron chi connectivity index (χ0n) is 11.5. The number of halogens is 2. The van der Waals surface area contributed by atoms with Crippen molar-refractivity contribution in [1.82, 2.24) is 10.2 Å². The first kappa shape index (κ1) is 14.4. The number of nitrogens with one attached hydrogen (secondary N) is 1. The Kier molecular flexibility index (Phi) is 5.28. The number of benzene rings is 1. The number of hydrogen-bond acceptors (Lipinski definition) is 2. The van der Waals surface area contributed by atoms with Crippen molar-refractivity contribution in [3.05, 3.63) is 35.4 Å². The quantitative estimate of drug-likeness (QED) is 0.826. The van der Waals surface area contributed by atoms with Gasteiger partial charge in [0.25, 0.3) is 0 Å². The summed E-state index contributed by atoms with van der Waals surface area (Å²) in [6, 6.07) is 4.05. The van der Waals surface area contributed by atoms with Gasteiger partial charge < -0.3 is 10.2 Å². The summed E-state index contributed by atoms with van der Waals surface area (Å²) in [5, 5.41) is 3.28. The number of rotatable bonds is 5. The summed E-state index contributed by atoms with van der Waals surface area (Å²) in [4.78, 5) is 2.46. The van der Waals surface area contributed by atoms with Crippen molar-refractivity contribution in [2.24, 2.45) is 5.92 Å². The fraction of sp³-hybridized carbons (Fsp3) is 0.600. The Morgan fingerprint density at radius 1 is 1.21 bits per heavy atom. The topological polar surface area (TPSA) is 15.3 Å². The average molecular weight is 268 g/mol. The van der Waals surface area contributed by atoms with Crippen molar-refractivity contribution >= 4 is 0 Å². The van der Waals surface area contributed by atoms with Gasteiger partial charge in [-0.25, -0.2) is 8.78 Å². The van der Waals surface area contributed by atoms with Crippen LogP contribution in [0.15, 0.2) is 18.2 Å². The molecule has 0 atom stereocenters. The van der Waals surface area contributed by atoms with E-state index in [1.165, 1.54) is 38.1 Å². The molecule has 0 radical (unpaired) electrons. The summed E-state index contributed by atoms with van der Waals surface area (Å²) in [5.41, 5.74) is 0.783. The summed E-state index contributed by atoms with van der Waals surface area (Å²) in [6.07, 6.45) is 2.56. The second-order valence-corrected chi connectivity index (χ2v) is 5.45. The molecule has 1 saturated heterocycles. The minimum atomic E-state index is -0.786. The van der Waals surface area contributed by atoms with Gasteiger partial charge in [-0.1, -0.05) is 13.0 Å². The van der Waals surface area contributed by atoms with Crippen LogP contribution >= 0.6 is 0 Å². The number of nitrogens with zero attached hydrogens (tertiary/aromatic N) is 1. The molecule has 1 aromatic carbocycles. The third kappa shape index (κ3) is 4.55. The molecule has 0 aromatic heterocycles. The van der Waals surface area contributed by atoms with Gasteiger partial charge in [0.2, 0.25) is 0 Å². The predicted molar refractivity (Wildman–Crippen MR) is 72.9 cm³/mol. The molecule has 19 heavy (non-hydrogen) atoms. The van der Waals surface area contributed by atoms with Crippen molar-refractivity contribution in [2.45, 2.75) is 26.3 Å². The van der Waals surface area contributed by atoms with Gasteiger partial charge in [0, 0.05) is 19.6 Å². The van der Waals surface area contributed by atoms with Crippen LogP contribution in [-0.2, 0) is 6.54 Å². The maximum atomic E-state index is 13.0. The van der Waals surface area contributed by atoms with Crippen LogP contribution < -0.4 is 5.32 Å². The van der Waals surface area contributed by atoms with Crippen LogP contribution in [0.4, 0.5) is 8.78 Å². The molecule has 2 nitrogen and oxygen atoms in total. The van der Waals surface area contributed by atoms with E-state index in [0.29, 0.717) is 6.54 Å². The van der Waals surface area contributed by atoms with Gasteiger partial charge in [0.15, 0.2) is 11.6 Å². The smallest absolute Gasteiger partial charge is 0.159 e. The molecule has 1 N–H and O–H groups in total. The van der Waals surface area contributed by atoms with E-state index in [2.05, 4.69) is 17.1 Å². The van der Waals surface area contributed by atoms with Crippen LogP contribution in [0.5, 0.6) is 0 Å². The van der Waals surface area contributed by atoms with Crippen molar-refractivity contribution in [2.75, 3.05) is 26.2 Å². The molecule has 4 heteroatoms. The second kappa shape index (κ2) is 6.96. The fourth-order valence-corrected chi connectivity index (χ4v) is 2.41. The van der Waals surface area contributed by atoms with Gasteiger partial charge in [0.05, 0.1) is 0 Å². The first-order valence-electron chi connectivity index (χ1n) is 7.02. The lowest BCUT2D eigenvalue weighted by Gasteiger charge is -2.30. The van der Waals surface area contributed by atoms with Crippen LogP contribution in [0.25, 0.3) is 0 Å². The molecule has 1 fully saturated rings. The van der Waals surface area contributed by atoms with Gasteiger partial charge in [-0.15, -0.1) is 0 Å². The molecule has 0 unspecified atom stereocenters. The molecule has 1 aliphatic heterocycles. The Morgan fingerprint density at radius 2 is 1.95 bits per heavy atom. The maximum absolute atomic E-state index is 13.0. The highest BCUT2D eigenvalue weighted by molar-refractivity contribution is 5.17. The Morgan fingerprint density at radius 3 is 2.63 bits per heavy atom. The highest BCUT2D eigenvalue weighted by Gasteiger charge is 2.14. The molecule has 0 bridgehead atoms. The molecule has 1 aromatic rings. The maximum Gasteiger partial charge on any atom is 0.159 e. The van der Waals surface area contributed by atoms with Gasteiger partial charge in [-0.2, -0.15) is 0 Å². The van der Waals surface area contributed by atoms with Crippen molar-refractivity contribution in [1.29, 1.82) is 0 Å². The predicted octanol–water partition coefficient (Wildman–Crippen LogP) is 2.79. The van der Waals surface area contributed by atoms with E-state index >= 15 is 0 Å². The van der Waals surface area contributed by atoms with Crippen LogP contribution in [0.1, 0.15) is 25.3 Å². The molecular weight excluding hydrogens is 246 g/mol. The molecule has 2 rings (SSSR count). The van der Waals surface area contributed by atoms with Crippen molar-refractivity contribution < 1.29 is 8.78 Å². The number of piperidine rings is 1. The van der Waals surface area contributed by atoms with E-state index in [9.17, 15) is 8.78 Å². The zero-order chi connectivity index (χ0) is 13.7. The lowest BCUT2D eigenvalue weighted by atomic mass is 9.99. The molecule has 106 valence electrons. The monoisotopic (exact) mass is 268 g/mol. The molecule has 1 aliphatic rings. The third-order valence-corrected chi connectivity index (χ3v) is 3.79. The lowest BCUT2D eigenvalue weighted by Crippen LogP contribution is -2.37. The Balaban J connectivity index is 1.65. The summed E-state index contributed by atoms with van der Waals surface area (Å²) >= 11 is 0. The second-order valence-electron chi connectivity index (χ2n) is 5.45. The number of hydrogen-bond donors (Lipinski definition) is 1. The first-order valence-corrected chi connectivity index (χ1v) is 7.02. The molecule has 0 aliphatic carbocycles. The van der Waals surface area contributed by atoms with E-state index in [1.807, 2.05) is 0 Å². The first-order chi connectivity index (χ1) is 9.15. The summed E-state index contributed by atoms with van der Waals surface area (Å²) in [7, 11) is 0. The van der Waals surface area contributed by atoms with Gasteiger partial charge in [0.1, 0.15) is 0 Å². The lowest BCUT2D eigenvalue weighted by molar-refractivity contribution is 0.193. The largest absolute Gasteiger partial charge is 0.311 e. The molecule has 0 saturated carbocycles. The highest BCUT2D eigenvalue weighted by Crippen LogP contribution is 2.15. The van der Waals surface area contributed by atoms with Crippen LogP contribution in [0.3, 0.4) is 0 Å². The third-order valence-electron chi connectivity index (χ3n) is 3.79. The number of likely N-dealkylation sites (tertiary alicyclic amines) is 1. The molecule has 0 amide bonds. The molecule has 1 heterocycles. The van der Waals surface area contributed by atoms with Crippen LogP contribution in [0.2, 0.25) is 0 Å². The fourth-order valence-electron chi connectivity index (χ4n) is 2.41. The normalized spacial score (nSPS) is 17.8. The summed E-state index contributed by atoms with van der Waals surface area (Å²) in [6.45, 7) is 7.14. The van der Waals surface area contributed by atoms with E-state index in [0.717, 1.165) is 24.6 Å². The Labute approximate surface area is 113 Å². The van der Waals surface area contributed by atoms with Crippen molar-refractivity contribution in [3.63, 3.8) is 0 Å². The average Bonchev–Trinajstić information content (AvgIpc) is 2.41. The minimum Gasteiger partial charge on any atom is -0.311 e. The molecule has 0 spiro atoms. The van der Waals surface area contributed by atoms with E-state index in [1.54, 1.807) is 6.07 Å². The van der Waals surface area contributed by atoms with Crippen LogP contribution in [-0.4, -0.2) is 31.1 Å². The van der Waals surface area contributed by atoms with E-state index in [4.69, 9.17) is 0 Å². The standard InChI is InChI=1S/C15H22F2N2/c1-12-4-7-19(8-5-12)9-6-18-11-13-2-3-14(16)15(17)10-13/h2-3,10,12,18H,4-9,11H2,1H3. The van der Waals surface area contributed by atoms with Gasteiger partial charge in [-0.05, 0) is 49.5 Å².